The van der Waals surface area contributed by atoms with Crippen molar-refractivity contribution in [3.63, 3.8) is 0 Å². The topological polar surface area (TPSA) is 73.1 Å². The normalized spacial score (nSPS) is 11.4. The summed E-state index contributed by atoms with van der Waals surface area (Å²) in [7, 11) is 1.58. The van der Waals surface area contributed by atoms with Crippen molar-refractivity contribution in [1.82, 2.24) is 5.43 Å². The number of ether oxygens (including phenoxy) is 2. The van der Waals surface area contributed by atoms with E-state index >= 15 is 0 Å². The summed E-state index contributed by atoms with van der Waals surface area (Å²) < 4.78 is 18.6. The van der Waals surface area contributed by atoms with Crippen molar-refractivity contribution in [1.29, 1.82) is 0 Å². The molecule has 0 atom stereocenters. The first kappa shape index (κ1) is 20.7. The molecule has 0 saturated heterocycles. The number of halogens is 2. The van der Waals surface area contributed by atoms with Crippen molar-refractivity contribution in [2.24, 2.45) is 5.10 Å². The maximum atomic E-state index is 12.3. The zero-order chi connectivity index (χ0) is 20.3. The van der Waals surface area contributed by atoms with Crippen molar-refractivity contribution in [3.8, 4) is 11.5 Å². The minimum atomic E-state index is -0.426. The van der Waals surface area contributed by atoms with E-state index in [0.29, 0.717) is 17.1 Å². The summed E-state index contributed by atoms with van der Waals surface area (Å²) in [6.45, 7) is 3.91. The van der Waals surface area contributed by atoms with Gasteiger partial charge in [0.1, 0.15) is 5.58 Å². The summed E-state index contributed by atoms with van der Waals surface area (Å²) in [5, 5.41) is 4.86. The highest BCUT2D eigenvalue weighted by atomic mass is 127. The van der Waals surface area contributed by atoms with Crippen LogP contribution in [0.2, 0.25) is 0 Å². The predicted octanol–water partition coefficient (Wildman–Crippen LogP) is 5.36. The average molecular weight is 557 g/mol. The maximum absolute atomic E-state index is 12.3. The second-order valence-corrected chi connectivity index (χ2v) is 8.27. The first-order chi connectivity index (χ1) is 13.4. The molecule has 1 N–H and O–H groups in total. The molecular weight excluding hydrogens is 539 g/mol. The van der Waals surface area contributed by atoms with E-state index in [4.69, 9.17) is 13.9 Å². The Hall–Kier alpha value is -2.07. The highest BCUT2D eigenvalue weighted by Gasteiger charge is 2.14. The summed E-state index contributed by atoms with van der Waals surface area (Å²) in [4.78, 5) is 12.3. The summed E-state index contributed by atoms with van der Waals surface area (Å²) in [6.07, 6.45) is 1.58. The zero-order valence-corrected chi connectivity index (χ0v) is 19.2. The summed E-state index contributed by atoms with van der Waals surface area (Å²) >= 11 is 5.58. The summed E-state index contributed by atoms with van der Waals surface area (Å²) in [5.74, 6) is 1.06. The Morgan fingerprint density at radius 3 is 2.79 bits per heavy atom. The van der Waals surface area contributed by atoms with E-state index in [0.717, 1.165) is 19.0 Å². The highest BCUT2D eigenvalue weighted by Crippen LogP contribution is 2.34. The standard InChI is InChI=1S/C20H18BrIN2O4/c1-11(2)27-19-15(22)6-12(7-17(19)26-3)10-23-24-20(25)18-9-13-8-14(21)4-5-16(13)28-18/h4-11H,1-3H3,(H,24,25)/b23-10+. The number of carbonyl (C=O) groups is 1. The minimum Gasteiger partial charge on any atom is -0.493 e. The molecule has 0 fully saturated rings. The van der Waals surface area contributed by atoms with Gasteiger partial charge >= 0.3 is 5.91 Å². The maximum Gasteiger partial charge on any atom is 0.307 e. The van der Waals surface area contributed by atoms with Crippen LogP contribution in [0.4, 0.5) is 0 Å². The summed E-state index contributed by atoms with van der Waals surface area (Å²) in [5.41, 5.74) is 3.88. The molecule has 0 unspecified atom stereocenters. The van der Waals surface area contributed by atoms with Crippen molar-refractivity contribution >= 4 is 61.6 Å². The van der Waals surface area contributed by atoms with Gasteiger partial charge in [-0.1, -0.05) is 15.9 Å². The molecule has 0 radical (unpaired) electrons. The Morgan fingerprint density at radius 2 is 2.07 bits per heavy atom. The third kappa shape index (κ3) is 4.85. The number of methoxy groups -OCH3 is 1. The van der Waals surface area contributed by atoms with Crippen LogP contribution < -0.4 is 14.9 Å². The predicted molar refractivity (Wildman–Crippen MR) is 120 cm³/mol. The molecule has 0 spiro atoms. The Bertz CT molecular complexity index is 1050. The van der Waals surface area contributed by atoms with Crippen LogP contribution in [0.1, 0.15) is 30.0 Å². The van der Waals surface area contributed by atoms with Crippen LogP contribution in [0.25, 0.3) is 11.0 Å². The molecule has 2 aromatic carbocycles. The number of amides is 1. The fraction of sp³-hybridized carbons (Fsp3) is 0.200. The number of nitrogens with zero attached hydrogens (tertiary/aromatic N) is 1. The first-order valence-electron chi connectivity index (χ1n) is 8.44. The van der Waals surface area contributed by atoms with Crippen molar-refractivity contribution in [2.45, 2.75) is 20.0 Å². The van der Waals surface area contributed by atoms with E-state index in [2.05, 4.69) is 49.0 Å². The van der Waals surface area contributed by atoms with Crippen LogP contribution in [0.5, 0.6) is 11.5 Å². The Morgan fingerprint density at radius 1 is 1.29 bits per heavy atom. The molecule has 0 aliphatic carbocycles. The highest BCUT2D eigenvalue weighted by molar-refractivity contribution is 14.1. The number of nitrogens with one attached hydrogen (secondary N) is 1. The molecular formula is C20H18BrIN2O4. The van der Waals surface area contributed by atoms with Crippen LogP contribution >= 0.6 is 38.5 Å². The number of furan rings is 1. The molecule has 3 aromatic rings. The quantitative estimate of drug-likeness (QED) is 0.252. The summed E-state index contributed by atoms with van der Waals surface area (Å²) in [6, 6.07) is 10.9. The molecule has 1 heterocycles. The molecule has 0 aliphatic heterocycles. The third-order valence-corrected chi connectivity index (χ3v) is 4.98. The molecule has 1 aromatic heterocycles. The lowest BCUT2D eigenvalue weighted by molar-refractivity contribution is 0.0929. The van der Waals surface area contributed by atoms with Gasteiger partial charge < -0.3 is 13.9 Å². The SMILES string of the molecule is COc1cc(/C=N/NC(=O)c2cc3cc(Br)ccc3o2)cc(I)c1OC(C)C. The lowest BCUT2D eigenvalue weighted by Crippen LogP contribution is -2.16. The van der Waals surface area contributed by atoms with Crippen LogP contribution in [-0.4, -0.2) is 25.3 Å². The number of carbonyl (C=O) groups excluding carboxylic acids is 1. The van der Waals surface area contributed by atoms with E-state index in [1.54, 1.807) is 31.5 Å². The molecule has 1 amide bonds. The molecule has 146 valence electrons. The molecule has 6 nitrogen and oxygen atoms in total. The second kappa shape index (κ2) is 8.95. The Labute approximate surface area is 184 Å². The van der Waals surface area contributed by atoms with Crippen LogP contribution in [-0.2, 0) is 0 Å². The average Bonchev–Trinajstić information content (AvgIpc) is 3.06. The zero-order valence-electron chi connectivity index (χ0n) is 15.5. The lowest BCUT2D eigenvalue weighted by atomic mass is 10.2. The lowest BCUT2D eigenvalue weighted by Gasteiger charge is -2.15. The number of hydrazone groups is 1. The van der Waals surface area contributed by atoms with Gasteiger partial charge in [-0.15, -0.1) is 0 Å². The Balaban J connectivity index is 1.74. The van der Waals surface area contributed by atoms with Crippen LogP contribution in [0, 0.1) is 3.57 Å². The molecule has 8 heteroatoms. The molecule has 0 bridgehead atoms. The van der Waals surface area contributed by atoms with E-state index in [1.165, 1.54) is 0 Å². The minimum absolute atomic E-state index is 0.0330. The van der Waals surface area contributed by atoms with Gasteiger partial charge in [0.2, 0.25) is 0 Å². The van der Waals surface area contributed by atoms with Crippen LogP contribution in [0.15, 0.2) is 50.4 Å². The number of hydrogen-bond acceptors (Lipinski definition) is 5. The Kier molecular flexibility index (Phi) is 6.61. The van der Waals surface area contributed by atoms with E-state index < -0.39 is 5.91 Å². The van der Waals surface area contributed by atoms with Gasteiger partial charge in [0.15, 0.2) is 17.3 Å². The van der Waals surface area contributed by atoms with Gasteiger partial charge in [0.05, 0.1) is 23.0 Å². The van der Waals surface area contributed by atoms with Gasteiger partial charge in [-0.2, -0.15) is 5.10 Å². The monoisotopic (exact) mass is 556 g/mol. The van der Waals surface area contributed by atoms with E-state index in [9.17, 15) is 4.79 Å². The molecule has 28 heavy (non-hydrogen) atoms. The second-order valence-electron chi connectivity index (χ2n) is 6.19. The van der Waals surface area contributed by atoms with Crippen molar-refractivity contribution in [2.75, 3.05) is 7.11 Å². The van der Waals surface area contributed by atoms with Gasteiger partial charge in [-0.3, -0.25) is 4.79 Å². The smallest absolute Gasteiger partial charge is 0.307 e. The number of fused-ring (bicyclic) bond motifs is 1. The third-order valence-electron chi connectivity index (χ3n) is 3.69. The van der Waals surface area contributed by atoms with Gasteiger partial charge in [-0.25, -0.2) is 5.43 Å². The fourth-order valence-electron chi connectivity index (χ4n) is 2.51. The fourth-order valence-corrected chi connectivity index (χ4v) is 3.64. The first-order valence-corrected chi connectivity index (χ1v) is 10.3. The van der Waals surface area contributed by atoms with E-state index in [-0.39, 0.29) is 11.9 Å². The molecule has 3 rings (SSSR count). The van der Waals surface area contributed by atoms with Crippen LogP contribution in [0.3, 0.4) is 0 Å². The number of benzene rings is 2. The largest absolute Gasteiger partial charge is 0.493 e. The van der Waals surface area contributed by atoms with Gasteiger partial charge in [-0.05, 0) is 78.4 Å². The van der Waals surface area contributed by atoms with E-state index in [1.807, 2.05) is 32.0 Å². The number of hydrogen-bond donors (Lipinski definition) is 1. The molecule has 0 aliphatic rings. The van der Waals surface area contributed by atoms with Crippen molar-refractivity contribution < 1.29 is 18.7 Å². The van der Waals surface area contributed by atoms with Crippen molar-refractivity contribution in [3.05, 3.63) is 55.8 Å². The van der Waals surface area contributed by atoms with Gasteiger partial charge in [0.25, 0.3) is 0 Å². The van der Waals surface area contributed by atoms with Gasteiger partial charge in [0, 0.05) is 9.86 Å². The number of rotatable bonds is 6. The molecule has 0 saturated carbocycles.